The minimum atomic E-state index is -0.0826. The van der Waals surface area contributed by atoms with Gasteiger partial charge < -0.3 is 9.88 Å². The van der Waals surface area contributed by atoms with E-state index >= 15 is 0 Å². The fourth-order valence-electron chi connectivity index (χ4n) is 2.82. The van der Waals surface area contributed by atoms with Crippen LogP contribution in [0.15, 0.2) is 54.2 Å². The van der Waals surface area contributed by atoms with E-state index in [9.17, 15) is 4.79 Å². The van der Waals surface area contributed by atoms with Crippen molar-refractivity contribution in [2.24, 2.45) is 0 Å². The van der Waals surface area contributed by atoms with E-state index in [1.807, 2.05) is 41.8 Å². The molecule has 168 valence electrons. The number of aryl methyl sites for hydroxylation is 1. The number of hydrogen-bond donors (Lipinski definition) is 1. The SMILES string of the molecule is C=CCn1c(CSCc2ccc(Cl)cc2Cl)nnc1SCC(=O)Nc1ccc(I)cc1C. The first-order valence-electron chi connectivity index (χ1n) is 9.61. The maximum absolute atomic E-state index is 12.4. The van der Waals surface area contributed by atoms with E-state index in [0.29, 0.717) is 27.5 Å². The zero-order valence-corrected chi connectivity index (χ0v) is 22.6. The Kier molecular flexibility index (Phi) is 9.78. The molecule has 3 rings (SSSR count). The summed E-state index contributed by atoms with van der Waals surface area (Å²) in [5.74, 6) is 2.39. The predicted molar refractivity (Wildman–Crippen MR) is 145 cm³/mol. The Labute approximate surface area is 219 Å². The van der Waals surface area contributed by atoms with Crippen molar-refractivity contribution in [1.29, 1.82) is 0 Å². The van der Waals surface area contributed by atoms with Gasteiger partial charge in [-0.15, -0.1) is 28.5 Å². The van der Waals surface area contributed by atoms with E-state index < -0.39 is 0 Å². The van der Waals surface area contributed by atoms with Crippen LogP contribution in [0.3, 0.4) is 0 Å². The number of halogens is 3. The number of amides is 1. The molecular weight excluding hydrogens is 598 g/mol. The number of benzene rings is 2. The molecule has 0 unspecified atom stereocenters. The summed E-state index contributed by atoms with van der Waals surface area (Å²) in [5.41, 5.74) is 2.87. The number of anilines is 1. The zero-order valence-electron chi connectivity index (χ0n) is 17.3. The van der Waals surface area contributed by atoms with Crippen LogP contribution in [0, 0.1) is 10.5 Å². The average Bonchev–Trinajstić information content (AvgIpc) is 3.12. The summed E-state index contributed by atoms with van der Waals surface area (Å²) < 4.78 is 3.12. The van der Waals surface area contributed by atoms with Crippen molar-refractivity contribution in [3.63, 3.8) is 0 Å². The van der Waals surface area contributed by atoms with Crippen LogP contribution < -0.4 is 5.32 Å². The Morgan fingerprint density at radius 1 is 1.22 bits per heavy atom. The summed E-state index contributed by atoms with van der Waals surface area (Å²) in [6.07, 6.45) is 1.80. The Balaban J connectivity index is 1.58. The zero-order chi connectivity index (χ0) is 23.1. The van der Waals surface area contributed by atoms with Crippen molar-refractivity contribution in [3.8, 4) is 0 Å². The summed E-state index contributed by atoms with van der Waals surface area (Å²) in [6.45, 7) is 6.38. The van der Waals surface area contributed by atoms with E-state index in [4.69, 9.17) is 23.2 Å². The lowest BCUT2D eigenvalue weighted by molar-refractivity contribution is -0.113. The van der Waals surface area contributed by atoms with Gasteiger partial charge in [-0.1, -0.05) is 47.1 Å². The van der Waals surface area contributed by atoms with E-state index in [1.54, 1.807) is 23.9 Å². The van der Waals surface area contributed by atoms with Crippen LogP contribution in [0.25, 0.3) is 0 Å². The van der Waals surface area contributed by atoms with Gasteiger partial charge in [0, 0.05) is 31.6 Å². The number of hydrogen-bond acceptors (Lipinski definition) is 5. The Bertz CT molecular complexity index is 1120. The maximum atomic E-state index is 12.4. The number of carbonyl (C=O) groups excluding carboxylic acids is 1. The van der Waals surface area contributed by atoms with Gasteiger partial charge in [0.25, 0.3) is 0 Å². The molecule has 1 aromatic heterocycles. The molecule has 0 aliphatic heterocycles. The van der Waals surface area contributed by atoms with Crippen LogP contribution in [-0.4, -0.2) is 26.4 Å². The van der Waals surface area contributed by atoms with Crippen molar-refractivity contribution in [3.05, 3.63) is 79.6 Å². The normalized spacial score (nSPS) is 10.9. The third-order valence-corrected chi connectivity index (χ3v) is 7.61. The molecule has 2 aromatic carbocycles. The third kappa shape index (κ3) is 7.15. The molecule has 1 amide bonds. The number of nitrogens with zero attached hydrogens (tertiary/aromatic N) is 3. The minimum absolute atomic E-state index is 0.0826. The lowest BCUT2D eigenvalue weighted by Gasteiger charge is -2.10. The largest absolute Gasteiger partial charge is 0.325 e. The van der Waals surface area contributed by atoms with E-state index in [2.05, 4.69) is 44.7 Å². The van der Waals surface area contributed by atoms with Gasteiger partial charge in [-0.05, 0) is 71.0 Å². The lowest BCUT2D eigenvalue weighted by atomic mass is 10.2. The van der Waals surface area contributed by atoms with Gasteiger partial charge in [-0.3, -0.25) is 4.79 Å². The first-order chi connectivity index (χ1) is 15.4. The first kappa shape index (κ1) is 25.4. The van der Waals surface area contributed by atoms with Crippen molar-refractivity contribution in [1.82, 2.24) is 14.8 Å². The van der Waals surface area contributed by atoms with Gasteiger partial charge in [0.15, 0.2) is 5.16 Å². The Morgan fingerprint density at radius 2 is 2.03 bits per heavy atom. The van der Waals surface area contributed by atoms with E-state index in [-0.39, 0.29) is 11.7 Å². The monoisotopic (exact) mass is 618 g/mol. The fourth-order valence-corrected chi connectivity index (χ4v) is 5.76. The van der Waals surface area contributed by atoms with Gasteiger partial charge in [0.1, 0.15) is 5.82 Å². The van der Waals surface area contributed by atoms with E-state index in [1.165, 1.54) is 11.8 Å². The molecule has 5 nitrogen and oxygen atoms in total. The van der Waals surface area contributed by atoms with Gasteiger partial charge in [-0.2, -0.15) is 0 Å². The van der Waals surface area contributed by atoms with Gasteiger partial charge in [0.2, 0.25) is 5.91 Å². The molecule has 0 spiro atoms. The molecule has 0 aliphatic carbocycles. The maximum Gasteiger partial charge on any atom is 0.234 e. The highest BCUT2D eigenvalue weighted by molar-refractivity contribution is 14.1. The van der Waals surface area contributed by atoms with E-state index in [0.717, 1.165) is 32.0 Å². The lowest BCUT2D eigenvalue weighted by Crippen LogP contribution is -2.15. The molecule has 0 fully saturated rings. The molecule has 0 radical (unpaired) electrons. The second-order valence-corrected chi connectivity index (χ2v) is 10.8. The standard InChI is InChI=1S/C22H21Cl2IN4OS2/c1-3-8-29-20(12-31-11-15-4-5-16(23)10-18(15)24)27-28-22(29)32-13-21(30)26-19-7-6-17(25)9-14(19)2/h3-7,9-10H,1,8,11-13H2,2H3,(H,26,30). The highest BCUT2D eigenvalue weighted by Gasteiger charge is 2.14. The number of nitrogens with one attached hydrogen (secondary N) is 1. The summed E-state index contributed by atoms with van der Waals surface area (Å²) in [4.78, 5) is 12.4. The van der Waals surface area contributed by atoms with Crippen LogP contribution in [0.5, 0.6) is 0 Å². The molecule has 0 saturated heterocycles. The molecule has 1 heterocycles. The van der Waals surface area contributed by atoms with Gasteiger partial charge in [0.05, 0.1) is 11.5 Å². The van der Waals surface area contributed by atoms with Gasteiger partial charge in [-0.25, -0.2) is 0 Å². The van der Waals surface area contributed by atoms with Crippen LogP contribution in [-0.2, 0) is 22.8 Å². The topological polar surface area (TPSA) is 59.8 Å². The van der Waals surface area contributed by atoms with Crippen LogP contribution in [0.4, 0.5) is 5.69 Å². The summed E-state index contributed by atoms with van der Waals surface area (Å²) in [7, 11) is 0. The number of carbonyl (C=O) groups is 1. The average molecular weight is 619 g/mol. The molecule has 0 bridgehead atoms. The third-order valence-electron chi connectivity index (χ3n) is 4.40. The molecule has 10 heteroatoms. The fraction of sp³-hybridized carbons (Fsp3) is 0.227. The predicted octanol–water partition coefficient (Wildman–Crippen LogP) is 6.85. The second-order valence-electron chi connectivity index (χ2n) is 6.82. The Morgan fingerprint density at radius 3 is 2.75 bits per heavy atom. The van der Waals surface area contributed by atoms with Crippen molar-refractivity contribution < 1.29 is 4.79 Å². The molecule has 1 N–H and O–H groups in total. The Hall–Kier alpha value is -1.20. The highest BCUT2D eigenvalue weighted by Crippen LogP contribution is 2.27. The van der Waals surface area contributed by atoms with Crippen molar-refractivity contribution in [2.45, 2.75) is 30.1 Å². The van der Waals surface area contributed by atoms with Crippen molar-refractivity contribution in [2.75, 3.05) is 11.1 Å². The second kappa shape index (κ2) is 12.3. The number of allylic oxidation sites excluding steroid dienone is 1. The smallest absolute Gasteiger partial charge is 0.234 e. The van der Waals surface area contributed by atoms with Crippen LogP contribution in [0.1, 0.15) is 17.0 Å². The molecular formula is C22H21Cl2IN4OS2. The van der Waals surface area contributed by atoms with Crippen LogP contribution in [0.2, 0.25) is 10.0 Å². The number of rotatable bonds is 10. The number of aromatic nitrogens is 3. The quantitative estimate of drug-likeness (QED) is 0.153. The highest BCUT2D eigenvalue weighted by atomic mass is 127. The molecule has 32 heavy (non-hydrogen) atoms. The minimum Gasteiger partial charge on any atom is -0.325 e. The molecule has 0 saturated carbocycles. The summed E-state index contributed by atoms with van der Waals surface area (Å²) in [5, 5.41) is 13.5. The van der Waals surface area contributed by atoms with Crippen molar-refractivity contribution >= 4 is 80.9 Å². The molecule has 0 aliphatic rings. The summed E-state index contributed by atoms with van der Waals surface area (Å²) in [6, 6.07) is 11.4. The summed E-state index contributed by atoms with van der Waals surface area (Å²) >= 11 is 17.5. The van der Waals surface area contributed by atoms with Crippen LogP contribution >= 0.6 is 69.3 Å². The van der Waals surface area contributed by atoms with Gasteiger partial charge >= 0.3 is 0 Å². The molecule has 0 atom stereocenters. The molecule has 3 aromatic rings. The first-order valence-corrected chi connectivity index (χ1v) is 13.6. The number of thioether (sulfide) groups is 2.